The molecule has 0 radical (unpaired) electrons. The summed E-state index contributed by atoms with van der Waals surface area (Å²) >= 11 is 0. The quantitative estimate of drug-likeness (QED) is 0.765. The first kappa shape index (κ1) is 13.8. The molecule has 104 valence electrons. The Morgan fingerprint density at radius 1 is 1.47 bits per heavy atom. The summed E-state index contributed by atoms with van der Waals surface area (Å²) in [4.78, 5) is 22.1. The van der Waals surface area contributed by atoms with Crippen LogP contribution in [0.5, 0.6) is 0 Å². The molecule has 5 heteroatoms. The molecule has 0 amide bonds. The molecule has 1 saturated heterocycles. The van der Waals surface area contributed by atoms with Gasteiger partial charge in [0.1, 0.15) is 17.7 Å². The van der Waals surface area contributed by atoms with E-state index in [4.69, 9.17) is 4.74 Å². The van der Waals surface area contributed by atoms with Gasteiger partial charge in [0, 0.05) is 19.3 Å². The Balaban J connectivity index is 2.22. The molecule has 0 N–H and O–H groups in total. The van der Waals surface area contributed by atoms with Crippen molar-refractivity contribution in [3.8, 4) is 0 Å². The van der Waals surface area contributed by atoms with Crippen LogP contribution in [0.3, 0.4) is 0 Å². The second kappa shape index (κ2) is 5.15. The van der Waals surface area contributed by atoms with Crippen LogP contribution in [0.2, 0.25) is 0 Å². The summed E-state index contributed by atoms with van der Waals surface area (Å²) in [5.74, 6) is 0.913. The summed E-state index contributed by atoms with van der Waals surface area (Å²) in [7, 11) is 1.38. The van der Waals surface area contributed by atoms with Gasteiger partial charge in [-0.1, -0.05) is 20.8 Å². The van der Waals surface area contributed by atoms with E-state index in [1.54, 1.807) is 0 Å². The van der Waals surface area contributed by atoms with Crippen LogP contribution < -0.4 is 4.90 Å². The van der Waals surface area contributed by atoms with E-state index >= 15 is 0 Å². The summed E-state index contributed by atoms with van der Waals surface area (Å²) in [6.45, 7) is 8.60. The van der Waals surface area contributed by atoms with Gasteiger partial charge in [0.25, 0.3) is 0 Å². The van der Waals surface area contributed by atoms with Crippen molar-refractivity contribution in [2.24, 2.45) is 11.3 Å². The average Bonchev–Trinajstić information content (AvgIpc) is 2.87. The van der Waals surface area contributed by atoms with Gasteiger partial charge in [0.15, 0.2) is 0 Å². The van der Waals surface area contributed by atoms with E-state index in [2.05, 4.69) is 35.6 Å². The van der Waals surface area contributed by atoms with E-state index in [9.17, 15) is 4.79 Å². The molecule has 1 aliphatic heterocycles. The van der Waals surface area contributed by atoms with Gasteiger partial charge in [-0.3, -0.25) is 0 Å². The molecule has 1 aliphatic rings. The van der Waals surface area contributed by atoms with Crippen molar-refractivity contribution in [2.75, 3.05) is 25.1 Å². The maximum Gasteiger partial charge on any atom is 0.343 e. The predicted octanol–water partition coefficient (Wildman–Crippen LogP) is 2.14. The van der Waals surface area contributed by atoms with Gasteiger partial charge < -0.3 is 9.64 Å². The van der Waals surface area contributed by atoms with E-state index in [0.29, 0.717) is 17.3 Å². The number of aromatic nitrogens is 2. The standard InChI is InChI=1S/C14H21N3O2/c1-14(2,3)10-5-6-17(8-10)12-11(13(18)19-4)7-15-9-16-12/h7,9-10H,5-6,8H2,1-4H3. The molecule has 0 aromatic carbocycles. The monoisotopic (exact) mass is 263 g/mol. The summed E-state index contributed by atoms with van der Waals surface area (Å²) in [5.41, 5.74) is 0.715. The Bertz CT molecular complexity index is 468. The molecular formula is C14H21N3O2. The SMILES string of the molecule is COC(=O)c1cncnc1N1CCC(C(C)(C)C)C1. The van der Waals surface area contributed by atoms with E-state index < -0.39 is 0 Å². The van der Waals surface area contributed by atoms with Crippen molar-refractivity contribution in [1.82, 2.24) is 9.97 Å². The molecule has 1 atom stereocenters. The lowest BCUT2D eigenvalue weighted by atomic mass is 9.80. The second-order valence-corrected chi connectivity index (χ2v) is 6.05. The van der Waals surface area contributed by atoms with Gasteiger partial charge in [-0.25, -0.2) is 14.8 Å². The number of methoxy groups -OCH3 is 1. The highest BCUT2D eigenvalue weighted by molar-refractivity contribution is 5.94. The molecule has 1 unspecified atom stereocenters. The first-order valence-electron chi connectivity index (χ1n) is 6.56. The number of carbonyl (C=O) groups is 1. The minimum Gasteiger partial charge on any atom is -0.465 e. The fourth-order valence-electron chi connectivity index (χ4n) is 2.49. The fourth-order valence-corrected chi connectivity index (χ4v) is 2.49. The van der Waals surface area contributed by atoms with Crippen LogP contribution in [-0.2, 0) is 4.74 Å². The molecule has 2 heterocycles. The molecule has 0 bridgehead atoms. The summed E-state index contributed by atoms with van der Waals surface area (Å²) in [6.07, 6.45) is 4.12. The zero-order valence-electron chi connectivity index (χ0n) is 12.0. The number of esters is 1. The van der Waals surface area contributed by atoms with E-state index in [0.717, 1.165) is 19.5 Å². The third-order valence-electron chi connectivity index (χ3n) is 3.81. The topological polar surface area (TPSA) is 55.3 Å². The lowest BCUT2D eigenvalue weighted by Gasteiger charge is -2.27. The second-order valence-electron chi connectivity index (χ2n) is 6.05. The smallest absolute Gasteiger partial charge is 0.343 e. The first-order valence-corrected chi connectivity index (χ1v) is 6.56. The molecule has 2 rings (SSSR count). The van der Waals surface area contributed by atoms with Crippen LogP contribution in [0.15, 0.2) is 12.5 Å². The van der Waals surface area contributed by atoms with Gasteiger partial charge in [-0.2, -0.15) is 0 Å². The summed E-state index contributed by atoms with van der Waals surface area (Å²) < 4.78 is 4.79. The van der Waals surface area contributed by atoms with Crippen molar-refractivity contribution < 1.29 is 9.53 Å². The highest BCUT2D eigenvalue weighted by Crippen LogP contribution is 2.35. The molecule has 1 aromatic heterocycles. The van der Waals surface area contributed by atoms with Gasteiger partial charge in [0.2, 0.25) is 0 Å². The molecule has 1 fully saturated rings. The Kier molecular flexibility index (Phi) is 3.73. The number of hydrogen-bond acceptors (Lipinski definition) is 5. The molecule has 19 heavy (non-hydrogen) atoms. The largest absolute Gasteiger partial charge is 0.465 e. The lowest BCUT2D eigenvalue weighted by molar-refractivity contribution is 0.0600. The van der Waals surface area contributed by atoms with Crippen LogP contribution in [0.4, 0.5) is 5.82 Å². The van der Waals surface area contributed by atoms with Gasteiger partial charge >= 0.3 is 5.97 Å². The Morgan fingerprint density at radius 2 is 2.21 bits per heavy atom. The Hall–Kier alpha value is -1.65. The number of carbonyl (C=O) groups excluding carboxylic acids is 1. The lowest BCUT2D eigenvalue weighted by Crippen LogP contribution is -2.27. The Labute approximate surface area is 114 Å². The van der Waals surface area contributed by atoms with Crippen LogP contribution >= 0.6 is 0 Å². The van der Waals surface area contributed by atoms with E-state index in [-0.39, 0.29) is 11.4 Å². The summed E-state index contributed by atoms with van der Waals surface area (Å²) in [5, 5.41) is 0. The number of anilines is 1. The normalized spacial score (nSPS) is 19.6. The van der Waals surface area contributed by atoms with E-state index in [1.165, 1.54) is 19.6 Å². The molecule has 5 nitrogen and oxygen atoms in total. The van der Waals surface area contributed by atoms with Gasteiger partial charge in [0.05, 0.1) is 7.11 Å². The molecule has 0 aliphatic carbocycles. The van der Waals surface area contributed by atoms with Crippen molar-refractivity contribution in [3.05, 3.63) is 18.1 Å². The third kappa shape index (κ3) is 2.85. The first-order chi connectivity index (χ1) is 8.93. The Morgan fingerprint density at radius 3 is 2.79 bits per heavy atom. The van der Waals surface area contributed by atoms with Crippen LogP contribution in [0, 0.1) is 11.3 Å². The fraction of sp³-hybridized carbons (Fsp3) is 0.643. The van der Waals surface area contributed by atoms with Crippen LogP contribution in [-0.4, -0.2) is 36.1 Å². The number of rotatable bonds is 2. The maximum absolute atomic E-state index is 11.7. The van der Waals surface area contributed by atoms with Crippen molar-refractivity contribution >= 4 is 11.8 Å². The van der Waals surface area contributed by atoms with Crippen LogP contribution in [0.1, 0.15) is 37.6 Å². The van der Waals surface area contributed by atoms with Crippen molar-refractivity contribution in [3.63, 3.8) is 0 Å². The molecule has 1 aromatic rings. The maximum atomic E-state index is 11.7. The predicted molar refractivity (Wildman–Crippen MR) is 73.1 cm³/mol. The molecular weight excluding hydrogens is 242 g/mol. The number of hydrogen-bond donors (Lipinski definition) is 0. The van der Waals surface area contributed by atoms with Crippen molar-refractivity contribution in [2.45, 2.75) is 27.2 Å². The number of ether oxygens (including phenoxy) is 1. The van der Waals surface area contributed by atoms with Gasteiger partial charge in [-0.15, -0.1) is 0 Å². The van der Waals surface area contributed by atoms with Crippen LogP contribution in [0.25, 0.3) is 0 Å². The zero-order chi connectivity index (χ0) is 14.0. The minimum atomic E-state index is -0.380. The highest BCUT2D eigenvalue weighted by Gasteiger charge is 2.33. The third-order valence-corrected chi connectivity index (χ3v) is 3.81. The van der Waals surface area contributed by atoms with Crippen molar-refractivity contribution in [1.29, 1.82) is 0 Å². The van der Waals surface area contributed by atoms with E-state index in [1.807, 2.05) is 0 Å². The molecule has 0 spiro atoms. The van der Waals surface area contributed by atoms with Gasteiger partial charge in [-0.05, 0) is 17.8 Å². The highest BCUT2D eigenvalue weighted by atomic mass is 16.5. The zero-order valence-corrected chi connectivity index (χ0v) is 12.0. The molecule has 0 saturated carbocycles. The average molecular weight is 263 g/mol. The number of nitrogens with zero attached hydrogens (tertiary/aromatic N) is 3. The minimum absolute atomic E-state index is 0.271. The summed E-state index contributed by atoms with van der Waals surface area (Å²) in [6, 6.07) is 0.